The highest BCUT2D eigenvalue weighted by molar-refractivity contribution is 5.94. The number of anilines is 1. The Morgan fingerprint density at radius 3 is 3.09 bits per heavy atom. The van der Waals surface area contributed by atoms with Crippen LogP contribution in [-0.2, 0) is 0 Å². The molecule has 0 radical (unpaired) electrons. The molecular formula is C18H20N4O. The van der Waals surface area contributed by atoms with Gasteiger partial charge < -0.3 is 15.0 Å². The van der Waals surface area contributed by atoms with Gasteiger partial charge in [0.05, 0.1) is 6.10 Å². The third kappa shape index (κ3) is 2.68. The van der Waals surface area contributed by atoms with E-state index in [4.69, 9.17) is 4.98 Å². The monoisotopic (exact) mass is 308 g/mol. The summed E-state index contributed by atoms with van der Waals surface area (Å²) >= 11 is 0. The van der Waals surface area contributed by atoms with E-state index in [1.165, 1.54) is 5.56 Å². The van der Waals surface area contributed by atoms with E-state index in [9.17, 15) is 5.11 Å². The van der Waals surface area contributed by atoms with Gasteiger partial charge in [0.25, 0.3) is 0 Å². The summed E-state index contributed by atoms with van der Waals surface area (Å²) in [6, 6.07) is 8.25. The van der Waals surface area contributed by atoms with Crippen molar-refractivity contribution in [2.24, 2.45) is 0 Å². The Labute approximate surface area is 135 Å². The molecule has 3 aromatic rings. The Balaban J connectivity index is 1.74. The van der Waals surface area contributed by atoms with Gasteiger partial charge in [-0.05, 0) is 38.0 Å². The van der Waals surface area contributed by atoms with Crippen molar-refractivity contribution in [1.82, 2.24) is 15.0 Å². The number of hydrogen-bond donors (Lipinski definition) is 2. The number of nitrogens with zero attached hydrogens (tertiary/aromatic N) is 3. The van der Waals surface area contributed by atoms with E-state index >= 15 is 0 Å². The molecular weight excluding hydrogens is 288 g/mol. The van der Waals surface area contributed by atoms with Crippen molar-refractivity contribution in [3.05, 3.63) is 42.2 Å². The summed E-state index contributed by atoms with van der Waals surface area (Å²) in [6.45, 7) is 3.66. The lowest BCUT2D eigenvalue weighted by atomic mass is 10.1. The zero-order valence-corrected chi connectivity index (χ0v) is 13.2. The maximum Gasteiger partial charge on any atom is 0.163 e. The van der Waals surface area contributed by atoms with Gasteiger partial charge in [-0.3, -0.25) is 0 Å². The Kier molecular flexibility index (Phi) is 3.50. The number of aromatic nitrogens is 3. The Morgan fingerprint density at radius 1 is 1.30 bits per heavy atom. The molecule has 5 heteroatoms. The molecule has 2 aromatic heterocycles. The highest BCUT2D eigenvalue weighted by Crippen LogP contribution is 2.28. The number of hydrogen-bond acceptors (Lipinski definition) is 4. The molecule has 0 bridgehead atoms. The first-order chi connectivity index (χ1) is 11.2. The van der Waals surface area contributed by atoms with Crippen molar-refractivity contribution in [2.45, 2.75) is 25.9 Å². The van der Waals surface area contributed by atoms with Gasteiger partial charge in [-0.2, -0.15) is 0 Å². The van der Waals surface area contributed by atoms with Crippen LogP contribution in [0.2, 0.25) is 0 Å². The number of rotatable bonds is 2. The zero-order chi connectivity index (χ0) is 15.8. The number of H-pyrrole nitrogens is 1. The first-order valence-corrected chi connectivity index (χ1v) is 8.05. The van der Waals surface area contributed by atoms with Crippen molar-refractivity contribution in [2.75, 3.05) is 18.0 Å². The molecule has 23 heavy (non-hydrogen) atoms. The molecule has 1 aromatic carbocycles. The van der Waals surface area contributed by atoms with Crippen molar-refractivity contribution >= 4 is 16.7 Å². The summed E-state index contributed by atoms with van der Waals surface area (Å²) in [6.07, 6.45) is 5.36. The Hall–Kier alpha value is -2.40. The van der Waals surface area contributed by atoms with Gasteiger partial charge in [-0.1, -0.05) is 11.6 Å². The summed E-state index contributed by atoms with van der Waals surface area (Å²) in [5, 5.41) is 11.0. The third-order valence-electron chi connectivity index (χ3n) is 4.44. The van der Waals surface area contributed by atoms with Crippen LogP contribution in [0.15, 0.2) is 36.7 Å². The first-order valence-electron chi connectivity index (χ1n) is 8.05. The topological polar surface area (TPSA) is 65.0 Å². The van der Waals surface area contributed by atoms with E-state index in [2.05, 4.69) is 40.0 Å². The van der Waals surface area contributed by atoms with E-state index in [0.717, 1.165) is 47.5 Å². The van der Waals surface area contributed by atoms with E-state index in [0.29, 0.717) is 6.54 Å². The van der Waals surface area contributed by atoms with Crippen LogP contribution in [0.25, 0.3) is 22.3 Å². The average Bonchev–Trinajstić information content (AvgIpc) is 2.98. The summed E-state index contributed by atoms with van der Waals surface area (Å²) in [5.74, 6) is 1.61. The van der Waals surface area contributed by atoms with Gasteiger partial charge in [-0.25, -0.2) is 9.97 Å². The van der Waals surface area contributed by atoms with Crippen molar-refractivity contribution in [3.8, 4) is 11.4 Å². The van der Waals surface area contributed by atoms with Crippen LogP contribution < -0.4 is 4.90 Å². The van der Waals surface area contributed by atoms with Crippen LogP contribution >= 0.6 is 0 Å². The molecule has 5 nitrogen and oxygen atoms in total. The minimum absolute atomic E-state index is 0.266. The molecule has 0 unspecified atom stereocenters. The van der Waals surface area contributed by atoms with Crippen molar-refractivity contribution < 1.29 is 5.11 Å². The van der Waals surface area contributed by atoms with Crippen molar-refractivity contribution in [1.29, 1.82) is 0 Å². The average molecular weight is 308 g/mol. The molecule has 1 atom stereocenters. The standard InChI is InChI=1S/C18H20N4O/c1-12-4-5-16-14(9-12)15(10-20-16)18-19-7-6-17(21-18)22-8-2-3-13(23)11-22/h4-7,9-10,13,20,23H,2-3,8,11H2,1H3/t13-/m1/s1. The normalized spacial score (nSPS) is 18.5. The van der Waals surface area contributed by atoms with E-state index in [1.807, 2.05) is 12.3 Å². The molecule has 3 heterocycles. The fraction of sp³-hybridized carbons (Fsp3) is 0.333. The van der Waals surface area contributed by atoms with Gasteiger partial charge in [0, 0.05) is 41.9 Å². The maximum atomic E-state index is 9.88. The van der Waals surface area contributed by atoms with Gasteiger partial charge in [0.1, 0.15) is 5.82 Å². The van der Waals surface area contributed by atoms with Crippen LogP contribution in [-0.4, -0.2) is 39.3 Å². The number of benzene rings is 1. The SMILES string of the molecule is Cc1ccc2[nH]cc(-c3nccc(N4CCC[C@@H](O)C4)n3)c2c1. The fourth-order valence-electron chi connectivity index (χ4n) is 3.24. The number of fused-ring (bicyclic) bond motifs is 1. The Bertz CT molecular complexity index is 842. The first kappa shape index (κ1) is 14.2. The number of aliphatic hydroxyl groups excluding tert-OH is 1. The van der Waals surface area contributed by atoms with Crippen LogP contribution in [0.3, 0.4) is 0 Å². The largest absolute Gasteiger partial charge is 0.391 e. The quantitative estimate of drug-likeness (QED) is 0.764. The van der Waals surface area contributed by atoms with Crippen molar-refractivity contribution in [3.63, 3.8) is 0 Å². The number of aryl methyl sites for hydroxylation is 1. The second-order valence-corrected chi connectivity index (χ2v) is 6.23. The number of β-amino-alcohol motifs (C(OH)–C–C–N with tert-alkyl or cyclic N) is 1. The molecule has 4 rings (SSSR count). The smallest absolute Gasteiger partial charge is 0.163 e. The molecule has 0 spiro atoms. The zero-order valence-electron chi connectivity index (χ0n) is 13.2. The molecule has 1 saturated heterocycles. The molecule has 0 amide bonds. The lowest BCUT2D eigenvalue weighted by Gasteiger charge is -2.31. The molecule has 0 aliphatic carbocycles. The second kappa shape index (κ2) is 5.66. The van der Waals surface area contributed by atoms with E-state index in [1.54, 1.807) is 6.20 Å². The minimum Gasteiger partial charge on any atom is -0.391 e. The lowest BCUT2D eigenvalue weighted by molar-refractivity contribution is 0.154. The van der Waals surface area contributed by atoms with Crippen LogP contribution in [0, 0.1) is 6.92 Å². The predicted octanol–water partition coefficient (Wildman–Crippen LogP) is 2.89. The van der Waals surface area contributed by atoms with Crippen LogP contribution in [0.4, 0.5) is 5.82 Å². The van der Waals surface area contributed by atoms with E-state index < -0.39 is 0 Å². The van der Waals surface area contributed by atoms with Gasteiger partial charge >= 0.3 is 0 Å². The molecule has 1 aliphatic heterocycles. The molecule has 118 valence electrons. The van der Waals surface area contributed by atoms with Gasteiger partial charge in [-0.15, -0.1) is 0 Å². The van der Waals surface area contributed by atoms with Gasteiger partial charge in [0.2, 0.25) is 0 Å². The van der Waals surface area contributed by atoms with Gasteiger partial charge in [0.15, 0.2) is 5.82 Å². The maximum absolute atomic E-state index is 9.88. The highest BCUT2D eigenvalue weighted by atomic mass is 16.3. The summed E-state index contributed by atoms with van der Waals surface area (Å²) in [7, 11) is 0. The second-order valence-electron chi connectivity index (χ2n) is 6.23. The minimum atomic E-state index is -0.266. The fourth-order valence-corrected chi connectivity index (χ4v) is 3.24. The number of aliphatic hydroxyl groups is 1. The molecule has 0 saturated carbocycles. The van der Waals surface area contributed by atoms with Crippen LogP contribution in [0.5, 0.6) is 0 Å². The van der Waals surface area contributed by atoms with Crippen LogP contribution in [0.1, 0.15) is 18.4 Å². The Morgan fingerprint density at radius 2 is 2.22 bits per heavy atom. The molecule has 1 aliphatic rings. The predicted molar refractivity (Wildman–Crippen MR) is 91.5 cm³/mol. The summed E-state index contributed by atoms with van der Waals surface area (Å²) < 4.78 is 0. The number of aromatic amines is 1. The number of piperidine rings is 1. The lowest BCUT2D eigenvalue weighted by Crippen LogP contribution is -2.38. The third-order valence-corrected chi connectivity index (χ3v) is 4.44. The molecule has 1 fully saturated rings. The van der Waals surface area contributed by atoms with E-state index in [-0.39, 0.29) is 6.10 Å². The summed E-state index contributed by atoms with van der Waals surface area (Å²) in [5.41, 5.74) is 3.32. The molecule has 2 N–H and O–H groups in total. The highest BCUT2D eigenvalue weighted by Gasteiger charge is 2.19. The number of nitrogens with one attached hydrogen (secondary N) is 1. The summed E-state index contributed by atoms with van der Waals surface area (Å²) in [4.78, 5) is 14.6.